The standard InChI is InChI=1S/C22H22FN5O/c1-27-10-11-28(14-21(27)29)20-13-19(24-15-25-20)26-22(16-6-3-2-4-7-16)17-8-5-9-18(23)12-17/h2-9,12-13,15,22H,10-11,14H2,1H3,(H,24,25,26). The molecule has 1 saturated heterocycles. The Balaban J connectivity index is 1.62. The average Bonchev–Trinajstić information content (AvgIpc) is 2.75. The van der Waals surface area contributed by atoms with Crippen molar-refractivity contribution in [2.24, 2.45) is 0 Å². The van der Waals surface area contributed by atoms with Gasteiger partial charge in [-0.15, -0.1) is 0 Å². The Bertz CT molecular complexity index is 997. The lowest BCUT2D eigenvalue weighted by molar-refractivity contribution is -0.129. The number of benzene rings is 2. The van der Waals surface area contributed by atoms with E-state index in [0.717, 1.165) is 11.1 Å². The molecular weight excluding hydrogens is 369 g/mol. The normalized spacial score (nSPS) is 15.3. The Morgan fingerprint density at radius 2 is 1.79 bits per heavy atom. The van der Waals surface area contributed by atoms with Crippen LogP contribution in [0.4, 0.5) is 16.0 Å². The Morgan fingerprint density at radius 3 is 2.55 bits per heavy atom. The molecule has 1 unspecified atom stereocenters. The summed E-state index contributed by atoms with van der Waals surface area (Å²) in [6.07, 6.45) is 1.48. The number of nitrogens with one attached hydrogen (secondary N) is 1. The van der Waals surface area contributed by atoms with E-state index < -0.39 is 0 Å². The first kappa shape index (κ1) is 18.9. The third kappa shape index (κ3) is 4.34. The van der Waals surface area contributed by atoms with Crippen LogP contribution in [0.25, 0.3) is 0 Å². The topological polar surface area (TPSA) is 61.4 Å². The number of hydrogen-bond donors (Lipinski definition) is 1. The molecule has 148 valence electrons. The highest BCUT2D eigenvalue weighted by atomic mass is 19.1. The predicted octanol–water partition coefficient (Wildman–Crippen LogP) is 3.10. The predicted molar refractivity (Wildman–Crippen MR) is 110 cm³/mol. The third-order valence-corrected chi connectivity index (χ3v) is 5.04. The molecule has 0 radical (unpaired) electrons. The van der Waals surface area contributed by atoms with Crippen LogP contribution in [-0.2, 0) is 4.79 Å². The molecule has 1 fully saturated rings. The molecule has 0 aliphatic carbocycles. The zero-order valence-corrected chi connectivity index (χ0v) is 16.1. The van der Waals surface area contributed by atoms with Gasteiger partial charge in [0.15, 0.2) is 0 Å². The minimum atomic E-state index is -0.287. The lowest BCUT2D eigenvalue weighted by Crippen LogP contribution is -2.48. The van der Waals surface area contributed by atoms with Crippen molar-refractivity contribution in [1.82, 2.24) is 14.9 Å². The number of hydrogen-bond acceptors (Lipinski definition) is 5. The van der Waals surface area contributed by atoms with Crippen LogP contribution in [0.2, 0.25) is 0 Å². The van der Waals surface area contributed by atoms with Crippen molar-refractivity contribution in [2.75, 3.05) is 36.9 Å². The van der Waals surface area contributed by atoms with Gasteiger partial charge in [0.25, 0.3) is 0 Å². The maximum absolute atomic E-state index is 13.9. The van der Waals surface area contributed by atoms with Crippen molar-refractivity contribution < 1.29 is 9.18 Å². The summed E-state index contributed by atoms with van der Waals surface area (Å²) in [7, 11) is 1.80. The monoisotopic (exact) mass is 391 g/mol. The van der Waals surface area contributed by atoms with Gasteiger partial charge in [0.05, 0.1) is 12.6 Å². The van der Waals surface area contributed by atoms with Crippen LogP contribution in [0.15, 0.2) is 67.0 Å². The largest absolute Gasteiger partial charge is 0.359 e. The van der Waals surface area contributed by atoms with E-state index in [1.807, 2.05) is 47.4 Å². The first-order valence-electron chi connectivity index (χ1n) is 9.48. The van der Waals surface area contributed by atoms with Crippen molar-refractivity contribution in [2.45, 2.75) is 6.04 Å². The van der Waals surface area contributed by atoms with Crippen molar-refractivity contribution >= 4 is 17.5 Å². The molecule has 1 N–H and O–H groups in total. The molecule has 3 aromatic rings. The molecule has 6 nitrogen and oxygen atoms in total. The van der Waals surface area contributed by atoms with E-state index in [1.54, 1.807) is 18.0 Å². The fourth-order valence-electron chi connectivity index (χ4n) is 3.39. The molecule has 1 aromatic heterocycles. The van der Waals surface area contributed by atoms with Gasteiger partial charge >= 0.3 is 0 Å². The first-order valence-corrected chi connectivity index (χ1v) is 9.48. The molecule has 7 heteroatoms. The summed E-state index contributed by atoms with van der Waals surface area (Å²) in [5.74, 6) is 1.07. The number of likely N-dealkylation sites (N-methyl/N-ethyl adjacent to an activating group) is 1. The molecule has 1 aliphatic rings. The second-order valence-electron chi connectivity index (χ2n) is 7.04. The number of piperazine rings is 1. The van der Waals surface area contributed by atoms with Crippen molar-refractivity contribution in [3.63, 3.8) is 0 Å². The van der Waals surface area contributed by atoms with Crippen molar-refractivity contribution in [3.8, 4) is 0 Å². The lowest BCUT2D eigenvalue weighted by Gasteiger charge is -2.32. The molecule has 1 amide bonds. The number of halogens is 1. The van der Waals surface area contributed by atoms with E-state index in [9.17, 15) is 9.18 Å². The van der Waals surface area contributed by atoms with E-state index in [2.05, 4.69) is 15.3 Å². The van der Waals surface area contributed by atoms with Gasteiger partial charge in [-0.3, -0.25) is 4.79 Å². The summed E-state index contributed by atoms with van der Waals surface area (Å²) in [4.78, 5) is 24.4. The van der Waals surface area contributed by atoms with Crippen LogP contribution in [0.5, 0.6) is 0 Å². The smallest absolute Gasteiger partial charge is 0.241 e. The molecule has 29 heavy (non-hydrogen) atoms. The zero-order valence-electron chi connectivity index (χ0n) is 16.1. The van der Waals surface area contributed by atoms with Crippen LogP contribution in [0.3, 0.4) is 0 Å². The highest BCUT2D eigenvalue weighted by molar-refractivity contribution is 5.82. The maximum Gasteiger partial charge on any atom is 0.241 e. The van der Waals surface area contributed by atoms with Crippen molar-refractivity contribution in [1.29, 1.82) is 0 Å². The van der Waals surface area contributed by atoms with Crippen LogP contribution in [0.1, 0.15) is 17.2 Å². The minimum Gasteiger partial charge on any atom is -0.359 e. The summed E-state index contributed by atoms with van der Waals surface area (Å²) < 4.78 is 13.9. The summed E-state index contributed by atoms with van der Waals surface area (Å²) in [6.45, 7) is 1.66. The molecular formula is C22H22FN5O. The van der Waals surface area contributed by atoms with Crippen LogP contribution in [-0.4, -0.2) is 47.5 Å². The SMILES string of the molecule is CN1CCN(c2cc(NC(c3ccccc3)c3cccc(F)c3)ncn2)CC1=O. The molecule has 0 bridgehead atoms. The molecule has 1 atom stereocenters. The molecule has 2 heterocycles. The van der Waals surface area contributed by atoms with E-state index in [4.69, 9.17) is 0 Å². The summed E-state index contributed by atoms with van der Waals surface area (Å²) in [6, 6.07) is 17.9. The Hall–Kier alpha value is -3.48. The van der Waals surface area contributed by atoms with Gasteiger partial charge < -0.3 is 15.1 Å². The highest BCUT2D eigenvalue weighted by Crippen LogP contribution is 2.27. The van der Waals surface area contributed by atoms with E-state index in [1.165, 1.54) is 18.5 Å². The molecule has 2 aromatic carbocycles. The Morgan fingerprint density at radius 1 is 1.00 bits per heavy atom. The van der Waals surface area contributed by atoms with Crippen molar-refractivity contribution in [3.05, 3.63) is 83.9 Å². The van der Waals surface area contributed by atoms with E-state index in [0.29, 0.717) is 31.3 Å². The molecule has 4 rings (SSSR count). The van der Waals surface area contributed by atoms with Crippen LogP contribution < -0.4 is 10.2 Å². The number of amides is 1. The van der Waals surface area contributed by atoms with Crippen LogP contribution >= 0.6 is 0 Å². The molecule has 1 aliphatic heterocycles. The quantitative estimate of drug-likeness (QED) is 0.724. The van der Waals surface area contributed by atoms with Gasteiger partial charge in [0.2, 0.25) is 5.91 Å². The molecule has 0 spiro atoms. The fourth-order valence-corrected chi connectivity index (χ4v) is 3.39. The number of nitrogens with zero attached hydrogens (tertiary/aromatic N) is 4. The Kier molecular flexibility index (Phi) is 5.37. The number of anilines is 2. The summed E-state index contributed by atoms with van der Waals surface area (Å²) in [5, 5.41) is 3.40. The minimum absolute atomic E-state index is 0.0614. The Labute approximate surface area is 169 Å². The van der Waals surface area contributed by atoms with E-state index in [-0.39, 0.29) is 17.8 Å². The second kappa shape index (κ2) is 8.26. The van der Waals surface area contributed by atoms with Gasteiger partial charge in [0.1, 0.15) is 23.8 Å². The van der Waals surface area contributed by atoms with E-state index >= 15 is 0 Å². The number of rotatable bonds is 5. The number of carbonyl (C=O) groups is 1. The lowest BCUT2D eigenvalue weighted by atomic mass is 9.98. The number of carbonyl (C=O) groups excluding carboxylic acids is 1. The van der Waals surface area contributed by atoms with Gasteiger partial charge in [-0.2, -0.15) is 0 Å². The highest BCUT2D eigenvalue weighted by Gasteiger charge is 2.23. The van der Waals surface area contributed by atoms with Gasteiger partial charge in [0, 0.05) is 26.2 Å². The van der Waals surface area contributed by atoms with Gasteiger partial charge in [-0.1, -0.05) is 42.5 Å². The third-order valence-electron chi connectivity index (χ3n) is 5.04. The average molecular weight is 391 g/mol. The fraction of sp³-hybridized carbons (Fsp3) is 0.227. The van der Waals surface area contributed by atoms with Crippen LogP contribution in [0, 0.1) is 5.82 Å². The molecule has 0 saturated carbocycles. The summed E-state index contributed by atoms with van der Waals surface area (Å²) >= 11 is 0. The van der Waals surface area contributed by atoms with Gasteiger partial charge in [-0.05, 0) is 23.3 Å². The maximum atomic E-state index is 13.9. The summed E-state index contributed by atoms with van der Waals surface area (Å²) in [5.41, 5.74) is 1.79. The zero-order chi connectivity index (χ0) is 20.2. The first-order chi connectivity index (χ1) is 14.1. The van der Waals surface area contributed by atoms with Gasteiger partial charge in [-0.25, -0.2) is 14.4 Å². The number of aromatic nitrogens is 2. The second-order valence-corrected chi connectivity index (χ2v) is 7.04.